The number of aliphatic hydroxyl groups is 2. The molecule has 0 aliphatic carbocycles. The van der Waals surface area contributed by atoms with Crippen molar-refractivity contribution in [2.45, 2.75) is 5.60 Å². The highest BCUT2D eigenvalue weighted by Crippen LogP contribution is 2.40. The van der Waals surface area contributed by atoms with E-state index in [4.69, 9.17) is 14.6 Å². The monoisotopic (exact) mass is 502 g/mol. The van der Waals surface area contributed by atoms with Crippen molar-refractivity contribution in [2.24, 2.45) is 0 Å². The molecule has 0 aliphatic rings. The van der Waals surface area contributed by atoms with Crippen molar-refractivity contribution in [3.05, 3.63) is 120 Å². The molecule has 0 amide bonds. The summed E-state index contributed by atoms with van der Waals surface area (Å²) in [6.45, 7) is 0.951. The summed E-state index contributed by atoms with van der Waals surface area (Å²) in [4.78, 5) is 0. The van der Waals surface area contributed by atoms with Gasteiger partial charge in [0.15, 0.2) is 0 Å². The molecule has 6 aromatic rings. The Morgan fingerprint density at radius 1 is 0.500 bits per heavy atom. The van der Waals surface area contributed by atoms with E-state index < -0.39 is 5.60 Å². The van der Waals surface area contributed by atoms with Crippen LogP contribution in [0.2, 0.25) is 0 Å². The van der Waals surface area contributed by atoms with E-state index in [1.54, 1.807) is 0 Å². The Hall–Kier alpha value is -3.80. The van der Waals surface area contributed by atoms with E-state index in [0.717, 1.165) is 54.2 Å². The average molecular weight is 503 g/mol. The number of hydrogen-bond acceptors (Lipinski definition) is 4. The summed E-state index contributed by atoms with van der Waals surface area (Å²) in [6, 6.07) is 37.4. The molecule has 0 spiro atoms. The molecule has 0 atom stereocenters. The van der Waals surface area contributed by atoms with Gasteiger partial charge in [0.1, 0.15) is 5.60 Å². The van der Waals surface area contributed by atoms with E-state index in [-0.39, 0.29) is 19.8 Å². The molecule has 6 rings (SSSR count). The molecule has 38 heavy (non-hydrogen) atoms. The molecule has 0 heterocycles. The van der Waals surface area contributed by atoms with Gasteiger partial charge in [-0.2, -0.15) is 0 Å². The molecule has 6 aromatic carbocycles. The van der Waals surface area contributed by atoms with Crippen LogP contribution < -0.4 is 0 Å². The summed E-state index contributed by atoms with van der Waals surface area (Å²) < 4.78 is 11.5. The highest BCUT2D eigenvalue weighted by Gasteiger charge is 2.35. The first kappa shape index (κ1) is 24.5. The fourth-order valence-electron chi connectivity index (χ4n) is 5.46. The average Bonchev–Trinajstić information content (AvgIpc) is 2.96. The quantitative estimate of drug-likeness (QED) is 0.174. The van der Waals surface area contributed by atoms with Gasteiger partial charge >= 0.3 is 0 Å². The Morgan fingerprint density at radius 3 is 1.45 bits per heavy atom. The Morgan fingerprint density at radius 2 is 0.947 bits per heavy atom. The van der Waals surface area contributed by atoms with Crippen LogP contribution in [0.25, 0.3) is 43.1 Å². The summed E-state index contributed by atoms with van der Waals surface area (Å²) in [5.41, 5.74) is 0.191. The summed E-state index contributed by atoms with van der Waals surface area (Å²) in [5, 5.41) is 30.4. The molecule has 0 aromatic heterocycles. The highest BCUT2D eigenvalue weighted by atomic mass is 16.5. The standard InChI is InChI=1S/C34H30O4/c35-15-16-37-17-18-38-23-34(36,32-13-5-11-28-19-24-7-1-3-9-26(24)21-30(28)32)33-14-6-12-29-20-25-8-2-4-10-27(25)22-31(29)33/h1-14,19-22,35-36H,15-18,23H2. The van der Waals surface area contributed by atoms with Crippen molar-refractivity contribution in [1.82, 2.24) is 0 Å². The second-order valence-corrected chi connectivity index (χ2v) is 9.70. The lowest BCUT2D eigenvalue weighted by Gasteiger charge is -2.32. The number of hydrogen-bond donors (Lipinski definition) is 2. The van der Waals surface area contributed by atoms with Gasteiger partial charge in [-0.15, -0.1) is 0 Å². The summed E-state index contributed by atoms with van der Waals surface area (Å²) in [7, 11) is 0. The van der Waals surface area contributed by atoms with Gasteiger partial charge in [0.25, 0.3) is 0 Å². The molecule has 0 bridgehead atoms. The molecule has 0 unspecified atom stereocenters. The molecule has 0 fully saturated rings. The summed E-state index contributed by atoms with van der Waals surface area (Å²) in [5.74, 6) is 0. The first-order chi connectivity index (χ1) is 18.7. The predicted octanol–water partition coefficient (Wildman–Crippen LogP) is 6.56. The lowest BCUT2D eigenvalue weighted by atomic mass is 9.81. The van der Waals surface area contributed by atoms with Crippen molar-refractivity contribution in [1.29, 1.82) is 0 Å². The third kappa shape index (κ3) is 4.53. The van der Waals surface area contributed by atoms with E-state index in [9.17, 15) is 5.11 Å². The minimum atomic E-state index is -1.42. The zero-order chi connectivity index (χ0) is 26.0. The van der Waals surface area contributed by atoms with E-state index in [1.807, 2.05) is 48.5 Å². The van der Waals surface area contributed by atoms with Crippen LogP contribution in [-0.2, 0) is 15.1 Å². The second-order valence-electron chi connectivity index (χ2n) is 9.70. The van der Waals surface area contributed by atoms with Crippen molar-refractivity contribution >= 4 is 43.1 Å². The molecule has 190 valence electrons. The zero-order valence-corrected chi connectivity index (χ0v) is 21.1. The van der Waals surface area contributed by atoms with E-state index in [2.05, 4.69) is 60.7 Å². The molecule has 2 N–H and O–H groups in total. The van der Waals surface area contributed by atoms with Crippen molar-refractivity contribution in [3.8, 4) is 0 Å². The molecular formula is C34H30O4. The molecule has 0 radical (unpaired) electrons. The Balaban J connectivity index is 1.54. The number of fused-ring (bicyclic) bond motifs is 4. The second kappa shape index (κ2) is 10.5. The third-order valence-electron chi connectivity index (χ3n) is 7.30. The number of benzene rings is 6. The molecule has 4 nitrogen and oxygen atoms in total. The molecule has 0 saturated heterocycles. The first-order valence-corrected chi connectivity index (χ1v) is 13.0. The molecule has 0 aliphatic heterocycles. The fourth-order valence-corrected chi connectivity index (χ4v) is 5.46. The number of ether oxygens (including phenoxy) is 2. The van der Waals surface area contributed by atoms with Crippen LogP contribution in [0, 0.1) is 0 Å². The third-order valence-corrected chi connectivity index (χ3v) is 7.30. The number of aliphatic hydroxyl groups excluding tert-OH is 1. The van der Waals surface area contributed by atoms with Crippen LogP contribution in [0.3, 0.4) is 0 Å². The van der Waals surface area contributed by atoms with Crippen molar-refractivity contribution < 1.29 is 19.7 Å². The fraction of sp³-hybridized carbons (Fsp3) is 0.176. The van der Waals surface area contributed by atoms with Gasteiger partial charge in [-0.05, 0) is 78.5 Å². The lowest BCUT2D eigenvalue weighted by Crippen LogP contribution is -2.34. The molecule has 0 saturated carbocycles. The maximum absolute atomic E-state index is 12.7. The summed E-state index contributed by atoms with van der Waals surface area (Å²) >= 11 is 0. The van der Waals surface area contributed by atoms with Crippen LogP contribution in [0.5, 0.6) is 0 Å². The Bertz CT molecular complexity index is 1620. The van der Waals surface area contributed by atoms with Gasteiger partial charge in [0.2, 0.25) is 0 Å². The number of rotatable bonds is 9. The summed E-state index contributed by atoms with van der Waals surface area (Å²) in [6.07, 6.45) is 0. The van der Waals surface area contributed by atoms with Gasteiger partial charge < -0.3 is 19.7 Å². The van der Waals surface area contributed by atoms with E-state index in [1.165, 1.54) is 0 Å². The smallest absolute Gasteiger partial charge is 0.139 e. The van der Waals surface area contributed by atoms with E-state index in [0.29, 0.717) is 13.2 Å². The van der Waals surface area contributed by atoms with Crippen LogP contribution >= 0.6 is 0 Å². The van der Waals surface area contributed by atoms with Gasteiger partial charge in [-0.25, -0.2) is 0 Å². The maximum atomic E-state index is 12.7. The van der Waals surface area contributed by atoms with Gasteiger partial charge in [-0.3, -0.25) is 0 Å². The normalized spacial score (nSPS) is 12.2. The Kier molecular flexibility index (Phi) is 6.79. The van der Waals surface area contributed by atoms with Crippen molar-refractivity contribution in [3.63, 3.8) is 0 Å². The van der Waals surface area contributed by atoms with Crippen molar-refractivity contribution in [2.75, 3.05) is 33.0 Å². The van der Waals surface area contributed by atoms with Gasteiger partial charge in [0, 0.05) is 0 Å². The first-order valence-electron chi connectivity index (χ1n) is 13.0. The van der Waals surface area contributed by atoms with Crippen LogP contribution in [0.4, 0.5) is 0 Å². The maximum Gasteiger partial charge on any atom is 0.139 e. The Labute approximate surface area is 221 Å². The lowest BCUT2D eigenvalue weighted by molar-refractivity contribution is -0.0394. The van der Waals surface area contributed by atoms with E-state index >= 15 is 0 Å². The van der Waals surface area contributed by atoms with Crippen LogP contribution in [0.15, 0.2) is 109 Å². The minimum absolute atomic E-state index is 0.0299. The largest absolute Gasteiger partial charge is 0.394 e. The van der Waals surface area contributed by atoms with Crippen LogP contribution in [-0.4, -0.2) is 43.2 Å². The van der Waals surface area contributed by atoms with Gasteiger partial charge in [0.05, 0.1) is 33.0 Å². The predicted molar refractivity (Wildman–Crippen MR) is 155 cm³/mol. The highest BCUT2D eigenvalue weighted by molar-refractivity contribution is 6.02. The minimum Gasteiger partial charge on any atom is -0.394 e. The molecule has 4 heteroatoms. The topological polar surface area (TPSA) is 58.9 Å². The van der Waals surface area contributed by atoms with Crippen LogP contribution in [0.1, 0.15) is 11.1 Å². The SMILES string of the molecule is OCCOCCOCC(O)(c1cccc2cc3ccccc3cc12)c1cccc2cc3ccccc3cc12. The molecular weight excluding hydrogens is 472 g/mol. The zero-order valence-electron chi connectivity index (χ0n) is 21.1. The van der Waals surface area contributed by atoms with Gasteiger partial charge in [-0.1, -0.05) is 84.9 Å².